The average molecular weight is 449 g/mol. The first-order valence-corrected chi connectivity index (χ1v) is 8.51. The Morgan fingerprint density at radius 3 is 2.07 bits per heavy atom. The number of nitrogens with two attached hydrogens (primary N) is 1. The first-order valence-electron chi connectivity index (χ1n) is 7.88. The van der Waals surface area contributed by atoms with Crippen LogP contribution in [-0.4, -0.2) is 77.1 Å². The maximum atomic E-state index is 11.8. The van der Waals surface area contributed by atoms with Crippen LogP contribution in [0, 0.1) is 0 Å². The monoisotopic (exact) mass is 449 g/mol. The van der Waals surface area contributed by atoms with Gasteiger partial charge in [-0.2, -0.15) is 25.8 Å². The number of alkyl halides is 3. The lowest BCUT2D eigenvalue weighted by atomic mass is 10.1. The van der Waals surface area contributed by atoms with E-state index in [2.05, 4.69) is 28.0 Å². The van der Waals surface area contributed by atoms with E-state index in [1.54, 1.807) is 6.92 Å². The van der Waals surface area contributed by atoms with Crippen LogP contribution >= 0.6 is 12.6 Å². The second-order valence-electron chi connectivity index (χ2n) is 5.11. The van der Waals surface area contributed by atoms with Crippen molar-refractivity contribution < 1.29 is 52.1 Å². The van der Waals surface area contributed by atoms with Gasteiger partial charge in [0.25, 0.3) is 0 Å². The average Bonchev–Trinajstić information content (AvgIpc) is 2.61. The summed E-state index contributed by atoms with van der Waals surface area (Å²) in [4.78, 5) is 53.9. The zero-order chi connectivity index (χ0) is 23.2. The highest BCUT2D eigenvalue weighted by Gasteiger charge is 2.38. The second-order valence-corrected chi connectivity index (χ2v) is 5.48. The highest BCUT2D eigenvalue weighted by Crippen LogP contribution is 2.13. The first kappa shape index (κ1) is 28.7. The molecule has 0 aromatic heterocycles. The number of amides is 2. The van der Waals surface area contributed by atoms with E-state index in [-0.39, 0.29) is 31.7 Å². The van der Waals surface area contributed by atoms with Crippen molar-refractivity contribution in [3.8, 4) is 0 Å². The number of hydrogen-bond donors (Lipinski definition) is 6. The Morgan fingerprint density at radius 1 is 1.17 bits per heavy atom. The van der Waals surface area contributed by atoms with Crippen molar-refractivity contribution in [1.29, 1.82) is 0 Å². The number of hydrogen-bond acceptors (Lipinski definition) is 8. The Balaban J connectivity index is 0. The van der Waals surface area contributed by atoms with Gasteiger partial charge in [0, 0.05) is 12.2 Å². The summed E-state index contributed by atoms with van der Waals surface area (Å²) >= 11 is 3.95. The molecule has 0 saturated carbocycles. The number of carboxylic acid groups (broad SMARTS) is 2. The molecule has 0 aliphatic carbocycles. The third-order valence-electron chi connectivity index (χ3n) is 2.79. The molecule has 0 fully saturated rings. The van der Waals surface area contributed by atoms with Crippen molar-refractivity contribution in [3.05, 3.63) is 0 Å². The van der Waals surface area contributed by atoms with Crippen molar-refractivity contribution in [2.75, 3.05) is 18.9 Å². The summed E-state index contributed by atoms with van der Waals surface area (Å²) in [5.74, 6) is -5.64. The highest BCUT2D eigenvalue weighted by atomic mass is 32.1. The summed E-state index contributed by atoms with van der Waals surface area (Å²) in [6.45, 7) is 1.53. The van der Waals surface area contributed by atoms with Crippen molar-refractivity contribution in [1.82, 2.24) is 10.6 Å². The number of ether oxygens (including phenoxy) is 1. The van der Waals surface area contributed by atoms with Crippen LogP contribution in [0.25, 0.3) is 0 Å². The van der Waals surface area contributed by atoms with Gasteiger partial charge < -0.3 is 31.3 Å². The molecule has 0 rings (SSSR count). The van der Waals surface area contributed by atoms with Crippen LogP contribution < -0.4 is 16.4 Å². The van der Waals surface area contributed by atoms with Crippen LogP contribution in [0.15, 0.2) is 0 Å². The van der Waals surface area contributed by atoms with Crippen molar-refractivity contribution in [2.45, 2.75) is 38.0 Å². The lowest BCUT2D eigenvalue weighted by Crippen LogP contribution is -2.49. The molecule has 2 amide bonds. The number of rotatable bonds is 10. The minimum atomic E-state index is -5.08. The van der Waals surface area contributed by atoms with Gasteiger partial charge in [-0.05, 0) is 13.3 Å². The number of thiol groups is 1. The molecule has 0 aliphatic rings. The summed E-state index contributed by atoms with van der Waals surface area (Å²) in [5, 5.41) is 20.4. The van der Waals surface area contributed by atoms with Gasteiger partial charge >= 0.3 is 24.1 Å². The SMILES string of the molecule is CCOC(=O)CNC(=O)[C@H](CS)NC(=O)CC[C@H](N)C(=O)O.O=C(O)C(F)(F)F. The van der Waals surface area contributed by atoms with Gasteiger partial charge in [-0.15, -0.1) is 0 Å². The lowest BCUT2D eigenvalue weighted by molar-refractivity contribution is -0.192. The molecule has 0 unspecified atom stereocenters. The van der Waals surface area contributed by atoms with Gasteiger partial charge in [0.2, 0.25) is 11.8 Å². The Kier molecular flexibility index (Phi) is 14.3. The molecule has 0 radical (unpaired) electrons. The number of carbonyl (C=O) groups is 5. The maximum Gasteiger partial charge on any atom is 0.490 e. The van der Waals surface area contributed by atoms with E-state index in [0.29, 0.717) is 0 Å². The maximum absolute atomic E-state index is 11.8. The standard InChI is InChI=1S/C12H21N3O6S.C2HF3O2/c1-2-21-10(17)5-14-11(18)8(6-22)15-9(16)4-3-7(13)12(19)20;3-2(4,5)1(6)7/h7-8,22H,2-6,13H2,1H3,(H,14,18)(H,15,16)(H,19,20);(H,6,7)/t7-,8-;/m0./s1. The van der Waals surface area contributed by atoms with Crippen molar-refractivity contribution in [2.24, 2.45) is 5.73 Å². The molecule has 0 aliphatic heterocycles. The van der Waals surface area contributed by atoms with Crippen LogP contribution in [0.3, 0.4) is 0 Å². The number of nitrogens with one attached hydrogen (secondary N) is 2. The number of esters is 1. The molecule has 0 bridgehead atoms. The summed E-state index contributed by atoms with van der Waals surface area (Å²) in [6, 6.07) is -2.08. The summed E-state index contributed by atoms with van der Waals surface area (Å²) < 4.78 is 36.4. The fourth-order valence-electron chi connectivity index (χ4n) is 1.37. The molecular formula is C14H22F3N3O8S. The van der Waals surface area contributed by atoms with E-state index in [0.717, 1.165) is 0 Å². The van der Waals surface area contributed by atoms with Crippen LogP contribution in [-0.2, 0) is 28.7 Å². The molecule has 11 nitrogen and oxygen atoms in total. The van der Waals surface area contributed by atoms with Gasteiger partial charge in [-0.3, -0.25) is 19.2 Å². The van der Waals surface area contributed by atoms with Crippen molar-refractivity contribution in [3.63, 3.8) is 0 Å². The van der Waals surface area contributed by atoms with Gasteiger partial charge in [0.15, 0.2) is 0 Å². The summed E-state index contributed by atoms with van der Waals surface area (Å²) in [7, 11) is 0. The minimum Gasteiger partial charge on any atom is -0.480 e. The Morgan fingerprint density at radius 2 is 1.69 bits per heavy atom. The molecule has 15 heteroatoms. The molecule has 0 saturated heterocycles. The molecule has 29 heavy (non-hydrogen) atoms. The first-order chi connectivity index (χ1) is 13.3. The summed E-state index contributed by atoms with van der Waals surface area (Å²) in [5.41, 5.74) is 5.27. The van der Waals surface area contributed by atoms with Gasteiger partial charge in [0.1, 0.15) is 18.6 Å². The van der Waals surface area contributed by atoms with Crippen LogP contribution in [0.2, 0.25) is 0 Å². The topological polar surface area (TPSA) is 185 Å². The quantitative estimate of drug-likeness (QED) is 0.178. The predicted octanol–water partition coefficient (Wildman–Crippen LogP) is -1.09. The molecule has 0 aromatic carbocycles. The third kappa shape index (κ3) is 15.1. The summed E-state index contributed by atoms with van der Waals surface area (Å²) in [6.07, 6.45) is -5.27. The normalized spacial score (nSPS) is 12.5. The smallest absolute Gasteiger partial charge is 0.480 e. The van der Waals surface area contributed by atoms with E-state index in [1.165, 1.54) is 0 Å². The van der Waals surface area contributed by atoms with Crippen molar-refractivity contribution >= 4 is 42.4 Å². The Hall–Kier alpha value is -2.55. The van der Waals surface area contributed by atoms with E-state index in [9.17, 15) is 32.3 Å². The molecule has 6 N–H and O–H groups in total. The highest BCUT2D eigenvalue weighted by molar-refractivity contribution is 7.80. The zero-order valence-corrected chi connectivity index (χ0v) is 16.1. The fraction of sp³-hybridized carbons (Fsp3) is 0.643. The van der Waals surface area contributed by atoms with Crippen LogP contribution in [0.5, 0.6) is 0 Å². The number of carboxylic acids is 2. The second kappa shape index (κ2) is 14.4. The zero-order valence-electron chi connectivity index (χ0n) is 15.2. The third-order valence-corrected chi connectivity index (χ3v) is 3.15. The molecule has 0 spiro atoms. The van der Waals surface area contributed by atoms with Crippen LogP contribution in [0.4, 0.5) is 13.2 Å². The molecule has 168 valence electrons. The lowest BCUT2D eigenvalue weighted by Gasteiger charge is -2.16. The molecule has 0 aromatic rings. The van der Waals surface area contributed by atoms with Gasteiger partial charge in [0.05, 0.1) is 6.61 Å². The number of carbonyl (C=O) groups excluding carboxylic acids is 3. The molecule has 2 atom stereocenters. The van der Waals surface area contributed by atoms with Gasteiger partial charge in [-0.25, -0.2) is 4.79 Å². The largest absolute Gasteiger partial charge is 0.490 e. The Bertz CT molecular complexity index is 589. The fourth-order valence-corrected chi connectivity index (χ4v) is 1.62. The molecule has 0 heterocycles. The Labute approximate surface area is 168 Å². The van der Waals surface area contributed by atoms with Crippen LogP contribution in [0.1, 0.15) is 19.8 Å². The minimum absolute atomic E-state index is 0.0192. The number of halogens is 3. The van der Waals surface area contributed by atoms with Gasteiger partial charge in [-0.1, -0.05) is 0 Å². The number of aliphatic carboxylic acids is 2. The van der Waals surface area contributed by atoms with E-state index in [4.69, 9.17) is 20.7 Å². The predicted molar refractivity (Wildman–Crippen MR) is 94.0 cm³/mol. The molecular weight excluding hydrogens is 427 g/mol. The van der Waals surface area contributed by atoms with E-state index < -0.39 is 48.0 Å². The van der Waals surface area contributed by atoms with E-state index >= 15 is 0 Å². The van der Waals surface area contributed by atoms with E-state index in [1.807, 2.05) is 0 Å².